The number of amides is 1. The summed E-state index contributed by atoms with van der Waals surface area (Å²) >= 11 is 3.33. The first-order valence-corrected chi connectivity index (χ1v) is 8.80. The molecule has 26 heavy (non-hydrogen) atoms. The topological polar surface area (TPSA) is 56.2 Å². The van der Waals surface area contributed by atoms with Gasteiger partial charge >= 0.3 is 0 Å². The van der Waals surface area contributed by atoms with Crippen molar-refractivity contribution in [2.24, 2.45) is 0 Å². The van der Waals surface area contributed by atoms with E-state index in [4.69, 9.17) is 4.74 Å². The third-order valence-electron chi connectivity index (χ3n) is 3.62. The minimum atomic E-state index is -0.613. The molecule has 0 radical (unpaired) electrons. The fraction of sp³-hybridized carbons (Fsp3) is 0.158. The number of benzene rings is 2. The van der Waals surface area contributed by atoms with Gasteiger partial charge < -0.3 is 10.1 Å². The molecule has 0 bridgehead atoms. The van der Waals surface area contributed by atoms with Crippen LogP contribution in [-0.2, 0) is 0 Å². The molecular weight excluding hydrogens is 401 g/mol. The molecule has 3 rings (SSSR count). The number of rotatable bonds is 5. The Kier molecular flexibility index (Phi) is 5.37. The van der Waals surface area contributed by atoms with Crippen LogP contribution < -0.4 is 10.1 Å². The van der Waals surface area contributed by atoms with Crippen LogP contribution >= 0.6 is 15.9 Å². The molecule has 3 aromatic rings. The van der Waals surface area contributed by atoms with Gasteiger partial charge in [0.25, 0.3) is 5.91 Å². The first kappa shape index (κ1) is 18.1. The highest BCUT2D eigenvalue weighted by Crippen LogP contribution is 2.26. The minimum Gasteiger partial charge on any atom is -0.454 e. The summed E-state index contributed by atoms with van der Waals surface area (Å²) in [6.45, 7) is 3.97. The summed E-state index contributed by atoms with van der Waals surface area (Å²) in [7, 11) is 0. The Morgan fingerprint density at radius 1 is 1.23 bits per heavy atom. The van der Waals surface area contributed by atoms with Crippen LogP contribution in [0.3, 0.4) is 0 Å². The molecule has 1 heterocycles. The van der Waals surface area contributed by atoms with Crippen molar-refractivity contribution in [3.8, 4) is 11.5 Å². The average molecular weight is 418 g/mol. The van der Waals surface area contributed by atoms with E-state index >= 15 is 0 Å². The lowest BCUT2D eigenvalue weighted by Gasteiger charge is -2.09. The van der Waals surface area contributed by atoms with Gasteiger partial charge in [0.2, 0.25) is 0 Å². The molecule has 0 fully saturated rings. The Morgan fingerprint density at radius 2 is 1.96 bits per heavy atom. The second-order valence-electron chi connectivity index (χ2n) is 5.96. The van der Waals surface area contributed by atoms with E-state index in [9.17, 15) is 9.18 Å². The first-order valence-electron chi connectivity index (χ1n) is 8.01. The molecule has 0 aliphatic heterocycles. The summed E-state index contributed by atoms with van der Waals surface area (Å²) in [5.74, 6) is -0.470. The van der Waals surface area contributed by atoms with E-state index in [0.29, 0.717) is 11.4 Å². The van der Waals surface area contributed by atoms with E-state index in [1.807, 2.05) is 13.8 Å². The molecule has 1 amide bonds. The number of halogens is 2. The number of hydrogen-bond acceptors (Lipinski definition) is 3. The van der Waals surface area contributed by atoms with E-state index in [2.05, 4.69) is 26.3 Å². The third kappa shape index (κ3) is 4.29. The minimum absolute atomic E-state index is 0.0523. The lowest BCUT2D eigenvalue weighted by Crippen LogP contribution is -2.12. The molecule has 0 aliphatic carbocycles. The Morgan fingerprint density at radius 3 is 2.58 bits per heavy atom. The lowest BCUT2D eigenvalue weighted by atomic mass is 10.2. The fourth-order valence-corrected chi connectivity index (χ4v) is 2.51. The van der Waals surface area contributed by atoms with Crippen molar-refractivity contribution in [1.82, 2.24) is 9.78 Å². The largest absolute Gasteiger partial charge is 0.454 e. The number of carbonyl (C=O) groups is 1. The van der Waals surface area contributed by atoms with Crippen LogP contribution in [0.1, 0.15) is 30.2 Å². The van der Waals surface area contributed by atoms with Crippen LogP contribution in [0.5, 0.6) is 11.5 Å². The number of ether oxygens (including phenoxy) is 1. The van der Waals surface area contributed by atoms with Gasteiger partial charge in [-0.25, -0.2) is 4.39 Å². The molecule has 134 valence electrons. The number of nitrogens with zero attached hydrogens (tertiary/aromatic N) is 2. The van der Waals surface area contributed by atoms with E-state index in [-0.39, 0.29) is 17.4 Å². The van der Waals surface area contributed by atoms with Gasteiger partial charge in [0.1, 0.15) is 5.75 Å². The van der Waals surface area contributed by atoms with Crippen LogP contribution in [0, 0.1) is 5.82 Å². The Bertz CT molecular complexity index is 923. The highest BCUT2D eigenvalue weighted by atomic mass is 79.9. The zero-order valence-corrected chi connectivity index (χ0v) is 15.8. The predicted octanol–water partition coefficient (Wildman–Crippen LogP) is 5.41. The maximum Gasteiger partial charge on any atom is 0.255 e. The smallest absolute Gasteiger partial charge is 0.255 e. The Hall–Kier alpha value is -2.67. The number of anilines is 1. The molecule has 7 heteroatoms. The van der Waals surface area contributed by atoms with Gasteiger partial charge in [0.05, 0.1) is 11.9 Å². The Labute approximate surface area is 158 Å². The van der Waals surface area contributed by atoms with Gasteiger partial charge in [-0.15, -0.1) is 0 Å². The van der Waals surface area contributed by atoms with Gasteiger partial charge in [-0.1, -0.05) is 15.9 Å². The van der Waals surface area contributed by atoms with Crippen molar-refractivity contribution in [1.29, 1.82) is 0 Å². The van der Waals surface area contributed by atoms with Gasteiger partial charge in [0.15, 0.2) is 11.6 Å². The van der Waals surface area contributed by atoms with E-state index in [1.165, 1.54) is 12.1 Å². The van der Waals surface area contributed by atoms with Crippen LogP contribution in [0.15, 0.2) is 59.3 Å². The summed E-state index contributed by atoms with van der Waals surface area (Å²) < 4.78 is 22.4. The van der Waals surface area contributed by atoms with Crippen molar-refractivity contribution in [2.45, 2.75) is 19.9 Å². The van der Waals surface area contributed by atoms with Gasteiger partial charge in [0, 0.05) is 22.3 Å². The fourth-order valence-electron chi connectivity index (χ4n) is 2.24. The molecule has 2 aromatic carbocycles. The highest BCUT2D eigenvalue weighted by molar-refractivity contribution is 9.10. The number of hydrogen-bond donors (Lipinski definition) is 1. The molecule has 1 N–H and O–H groups in total. The second-order valence-corrected chi connectivity index (χ2v) is 6.87. The SMILES string of the molecule is CC(C)n1cc(NC(=O)c2ccc(Oc3ccc(Br)cc3)c(F)c2)cn1. The normalized spacial score (nSPS) is 10.8. The van der Waals surface area contributed by atoms with Crippen molar-refractivity contribution >= 4 is 27.5 Å². The maximum atomic E-state index is 14.3. The summed E-state index contributed by atoms with van der Waals surface area (Å²) in [4.78, 5) is 12.3. The van der Waals surface area contributed by atoms with Crippen LogP contribution in [0.4, 0.5) is 10.1 Å². The quantitative estimate of drug-likeness (QED) is 0.603. The molecule has 0 unspecified atom stereocenters. The monoisotopic (exact) mass is 417 g/mol. The van der Waals surface area contributed by atoms with Crippen LogP contribution in [0.25, 0.3) is 0 Å². The molecule has 0 aliphatic rings. The highest BCUT2D eigenvalue weighted by Gasteiger charge is 2.13. The molecule has 0 atom stereocenters. The molecule has 0 saturated heterocycles. The van der Waals surface area contributed by atoms with Crippen molar-refractivity contribution in [2.75, 3.05) is 5.32 Å². The van der Waals surface area contributed by atoms with Crippen molar-refractivity contribution in [3.63, 3.8) is 0 Å². The molecule has 0 spiro atoms. The summed E-state index contributed by atoms with van der Waals surface area (Å²) in [6, 6.07) is 11.3. The summed E-state index contributed by atoms with van der Waals surface area (Å²) in [5, 5.41) is 6.85. The van der Waals surface area contributed by atoms with E-state index < -0.39 is 11.7 Å². The summed E-state index contributed by atoms with van der Waals surface area (Å²) in [5.41, 5.74) is 0.752. The van der Waals surface area contributed by atoms with Crippen LogP contribution in [-0.4, -0.2) is 15.7 Å². The van der Waals surface area contributed by atoms with Crippen molar-refractivity contribution in [3.05, 3.63) is 70.7 Å². The average Bonchev–Trinajstić information content (AvgIpc) is 3.07. The maximum absolute atomic E-state index is 14.3. The number of aromatic nitrogens is 2. The molecular formula is C19H17BrFN3O2. The third-order valence-corrected chi connectivity index (χ3v) is 4.15. The van der Waals surface area contributed by atoms with Gasteiger partial charge in [-0.05, 0) is 56.3 Å². The van der Waals surface area contributed by atoms with Gasteiger partial charge in [-0.3, -0.25) is 9.48 Å². The first-order chi connectivity index (χ1) is 12.4. The van der Waals surface area contributed by atoms with Crippen molar-refractivity contribution < 1.29 is 13.9 Å². The second kappa shape index (κ2) is 7.70. The lowest BCUT2D eigenvalue weighted by molar-refractivity contribution is 0.102. The molecule has 0 saturated carbocycles. The van der Waals surface area contributed by atoms with Crippen LogP contribution in [0.2, 0.25) is 0 Å². The number of carbonyl (C=O) groups excluding carboxylic acids is 1. The number of nitrogens with one attached hydrogen (secondary N) is 1. The molecule has 5 nitrogen and oxygen atoms in total. The molecule has 1 aromatic heterocycles. The predicted molar refractivity (Wildman–Crippen MR) is 101 cm³/mol. The standard InChI is InChI=1S/C19H17BrFN3O2/c1-12(2)24-11-15(10-22-24)23-19(25)13-3-8-18(17(21)9-13)26-16-6-4-14(20)5-7-16/h3-12H,1-2H3,(H,23,25). The van der Waals surface area contributed by atoms with E-state index in [1.54, 1.807) is 41.3 Å². The summed E-state index contributed by atoms with van der Waals surface area (Å²) in [6.07, 6.45) is 3.28. The van der Waals surface area contributed by atoms with E-state index in [0.717, 1.165) is 10.5 Å². The van der Waals surface area contributed by atoms with Gasteiger partial charge in [-0.2, -0.15) is 5.10 Å². The zero-order chi connectivity index (χ0) is 18.7. The zero-order valence-electron chi connectivity index (χ0n) is 14.2. The Balaban J connectivity index is 1.71.